The van der Waals surface area contributed by atoms with Crippen LogP contribution >= 0.6 is 11.6 Å². The van der Waals surface area contributed by atoms with E-state index in [1.165, 1.54) is 0 Å². The standard InChI is InChI=1S/C21H22ClN3O3S/c1-2-29(27,28)13-12-23-21(26)19-15-25(14-16-6-4-3-5-7-16)24-20(19)17-8-10-18(22)11-9-17/h3-11,15H,2,12-14H2,1H3,(H,23,26). The summed E-state index contributed by atoms with van der Waals surface area (Å²) in [6.45, 7) is 2.15. The lowest BCUT2D eigenvalue weighted by Crippen LogP contribution is -2.29. The number of carbonyl (C=O) groups is 1. The molecule has 1 amide bonds. The second kappa shape index (κ2) is 9.24. The zero-order valence-corrected chi connectivity index (χ0v) is 17.6. The van der Waals surface area contributed by atoms with Crippen molar-refractivity contribution in [2.45, 2.75) is 13.5 Å². The number of halogens is 1. The Hall–Kier alpha value is -2.64. The van der Waals surface area contributed by atoms with Crippen LogP contribution in [0.25, 0.3) is 11.3 Å². The number of aromatic nitrogens is 2. The van der Waals surface area contributed by atoms with Crippen molar-refractivity contribution in [1.82, 2.24) is 15.1 Å². The summed E-state index contributed by atoms with van der Waals surface area (Å²) in [5, 5.41) is 7.88. The van der Waals surface area contributed by atoms with Crippen LogP contribution in [0.1, 0.15) is 22.8 Å². The lowest BCUT2D eigenvalue weighted by Gasteiger charge is -2.06. The molecule has 0 saturated heterocycles. The number of nitrogens with zero attached hydrogens (tertiary/aromatic N) is 2. The maximum Gasteiger partial charge on any atom is 0.255 e. The van der Waals surface area contributed by atoms with E-state index in [2.05, 4.69) is 10.4 Å². The number of hydrogen-bond acceptors (Lipinski definition) is 4. The van der Waals surface area contributed by atoms with Gasteiger partial charge >= 0.3 is 0 Å². The molecule has 0 atom stereocenters. The molecular formula is C21H22ClN3O3S. The van der Waals surface area contributed by atoms with E-state index in [-0.39, 0.29) is 24.0 Å². The summed E-state index contributed by atoms with van der Waals surface area (Å²) in [5.41, 5.74) is 2.72. The Morgan fingerprint density at radius 3 is 2.45 bits per heavy atom. The number of rotatable bonds is 8. The Morgan fingerprint density at radius 2 is 1.79 bits per heavy atom. The van der Waals surface area contributed by atoms with E-state index >= 15 is 0 Å². The molecule has 0 spiro atoms. The van der Waals surface area contributed by atoms with Gasteiger partial charge in [0.2, 0.25) is 0 Å². The summed E-state index contributed by atoms with van der Waals surface area (Å²) in [5.74, 6) is -0.405. The molecule has 0 unspecified atom stereocenters. The van der Waals surface area contributed by atoms with Gasteiger partial charge in [-0.05, 0) is 17.7 Å². The van der Waals surface area contributed by atoms with E-state index < -0.39 is 9.84 Å². The summed E-state index contributed by atoms with van der Waals surface area (Å²) in [6, 6.07) is 16.9. The third-order valence-corrected chi connectivity index (χ3v) is 6.41. The Kier molecular flexibility index (Phi) is 6.71. The molecule has 0 radical (unpaired) electrons. The molecule has 3 aromatic rings. The van der Waals surface area contributed by atoms with Crippen molar-refractivity contribution in [3.8, 4) is 11.3 Å². The van der Waals surface area contributed by atoms with Crippen molar-refractivity contribution < 1.29 is 13.2 Å². The van der Waals surface area contributed by atoms with E-state index in [0.717, 1.165) is 11.1 Å². The summed E-state index contributed by atoms with van der Waals surface area (Å²) < 4.78 is 25.0. The van der Waals surface area contributed by atoms with Gasteiger partial charge in [0.05, 0.1) is 17.9 Å². The normalized spacial score (nSPS) is 11.4. The number of hydrogen-bond donors (Lipinski definition) is 1. The van der Waals surface area contributed by atoms with Gasteiger partial charge in [0, 0.05) is 29.1 Å². The number of sulfone groups is 1. The highest BCUT2D eigenvalue weighted by Gasteiger charge is 2.19. The largest absolute Gasteiger partial charge is 0.351 e. The first-order chi connectivity index (χ1) is 13.9. The first-order valence-corrected chi connectivity index (χ1v) is 11.4. The van der Waals surface area contributed by atoms with Crippen molar-refractivity contribution in [3.63, 3.8) is 0 Å². The molecule has 0 bridgehead atoms. The molecule has 0 fully saturated rings. The highest BCUT2D eigenvalue weighted by Crippen LogP contribution is 2.24. The Bertz CT molecular complexity index is 1080. The molecule has 0 aliphatic carbocycles. The Balaban J connectivity index is 1.86. The molecule has 1 N–H and O–H groups in total. The molecule has 29 heavy (non-hydrogen) atoms. The SMILES string of the molecule is CCS(=O)(=O)CCNC(=O)c1cn(Cc2ccccc2)nc1-c1ccc(Cl)cc1. The van der Waals surface area contributed by atoms with Crippen LogP contribution in [0.3, 0.4) is 0 Å². The molecule has 0 saturated carbocycles. The molecule has 0 aliphatic heterocycles. The molecule has 1 heterocycles. The van der Waals surface area contributed by atoms with E-state index in [1.54, 1.807) is 42.1 Å². The summed E-state index contributed by atoms with van der Waals surface area (Å²) in [4.78, 5) is 12.8. The maximum atomic E-state index is 12.8. The van der Waals surface area contributed by atoms with E-state index in [9.17, 15) is 13.2 Å². The monoisotopic (exact) mass is 431 g/mol. The van der Waals surface area contributed by atoms with Gasteiger partial charge in [-0.25, -0.2) is 8.42 Å². The average molecular weight is 432 g/mol. The molecule has 1 aromatic heterocycles. The maximum absolute atomic E-state index is 12.8. The fraction of sp³-hybridized carbons (Fsp3) is 0.238. The number of amides is 1. The minimum Gasteiger partial charge on any atom is -0.351 e. The average Bonchev–Trinajstić information content (AvgIpc) is 3.13. The topological polar surface area (TPSA) is 81.1 Å². The zero-order chi connectivity index (χ0) is 20.9. The molecule has 152 valence electrons. The first kappa shape index (κ1) is 21.1. The van der Waals surface area contributed by atoms with Crippen LogP contribution in [0, 0.1) is 0 Å². The van der Waals surface area contributed by atoms with E-state index in [1.807, 2.05) is 30.3 Å². The zero-order valence-electron chi connectivity index (χ0n) is 16.0. The van der Waals surface area contributed by atoms with Gasteiger partial charge in [-0.15, -0.1) is 0 Å². The molecule has 3 rings (SSSR count). The van der Waals surface area contributed by atoms with Crippen LogP contribution in [-0.4, -0.2) is 42.2 Å². The van der Waals surface area contributed by atoms with Crippen molar-refractivity contribution in [2.75, 3.05) is 18.1 Å². The molecule has 0 aliphatic rings. The number of nitrogens with one attached hydrogen (secondary N) is 1. The Labute approximate surface area is 175 Å². The van der Waals surface area contributed by atoms with Crippen LogP contribution in [0.15, 0.2) is 60.8 Å². The van der Waals surface area contributed by atoms with Crippen LogP contribution in [0.5, 0.6) is 0 Å². The van der Waals surface area contributed by atoms with Gasteiger partial charge in [0.25, 0.3) is 5.91 Å². The number of benzene rings is 2. The fourth-order valence-electron chi connectivity index (χ4n) is 2.82. The van der Waals surface area contributed by atoms with Crippen LogP contribution in [0.4, 0.5) is 0 Å². The van der Waals surface area contributed by atoms with Crippen LogP contribution in [-0.2, 0) is 16.4 Å². The minimum absolute atomic E-state index is 0.0495. The predicted octanol–water partition coefficient (Wildman–Crippen LogP) is 3.42. The second-order valence-electron chi connectivity index (χ2n) is 6.57. The van der Waals surface area contributed by atoms with Gasteiger partial charge in [-0.3, -0.25) is 9.48 Å². The van der Waals surface area contributed by atoms with Gasteiger partial charge in [-0.1, -0.05) is 61.0 Å². The second-order valence-corrected chi connectivity index (χ2v) is 9.48. The van der Waals surface area contributed by atoms with Crippen molar-refractivity contribution >= 4 is 27.3 Å². The Morgan fingerprint density at radius 1 is 1.10 bits per heavy atom. The minimum atomic E-state index is -3.15. The summed E-state index contributed by atoms with van der Waals surface area (Å²) in [7, 11) is -3.15. The predicted molar refractivity (Wildman–Crippen MR) is 115 cm³/mol. The van der Waals surface area contributed by atoms with Crippen LogP contribution < -0.4 is 5.32 Å². The smallest absolute Gasteiger partial charge is 0.255 e. The molecule has 8 heteroatoms. The third-order valence-electron chi connectivity index (χ3n) is 4.45. The van der Waals surface area contributed by atoms with E-state index in [0.29, 0.717) is 22.8 Å². The van der Waals surface area contributed by atoms with Crippen LogP contribution in [0.2, 0.25) is 5.02 Å². The van der Waals surface area contributed by atoms with Gasteiger partial charge in [0.1, 0.15) is 5.69 Å². The highest BCUT2D eigenvalue weighted by molar-refractivity contribution is 7.91. The lowest BCUT2D eigenvalue weighted by molar-refractivity contribution is 0.0956. The van der Waals surface area contributed by atoms with Crippen molar-refractivity contribution in [2.24, 2.45) is 0 Å². The highest BCUT2D eigenvalue weighted by atomic mass is 35.5. The summed E-state index contributed by atoms with van der Waals surface area (Å²) in [6.07, 6.45) is 1.68. The summed E-state index contributed by atoms with van der Waals surface area (Å²) >= 11 is 5.98. The van der Waals surface area contributed by atoms with Gasteiger partial charge in [0.15, 0.2) is 9.84 Å². The quantitative estimate of drug-likeness (QED) is 0.592. The van der Waals surface area contributed by atoms with E-state index in [4.69, 9.17) is 11.6 Å². The van der Waals surface area contributed by atoms with Gasteiger partial charge in [-0.2, -0.15) is 5.10 Å². The number of carbonyl (C=O) groups excluding carboxylic acids is 1. The van der Waals surface area contributed by atoms with Gasteiger partial charge < -0.3 is 5.32 Å². The fourth-order valence-corrected chi connectivity index (χ4v) is 3.65. The van der Waals surface area contributed by atoms with Crippen molar-refractivity contribution in [3.05, 3.63) is 76.9 Å². The first-order valence-electron chi connectivity index (χ1n) is 9.24. The lowest BCUT2D eigenvalue weighted by atomic mass is 10.1. The molecular weight excluding hydrogens is 410 g/mol. The molecule has 2 aromatic carbocycles. The van der Waals surface area contributed by atoms with Crippen molar-refractivity contribution in [1.29, 1.82) is 0 Å². The third kappa shape index (κ3) is 5.68. The molecule has 6 nitrogen and oxygen atoms in total.